The van der Waals surface area contributed by atoms with Crippen LogP contribution in [-0.4, -0.2) is 18.3 Å². The average Bonchev–Trinajstić information content (AvgIpc) is 2.40. The number of hydrogen-bond donors (Lipinski definition) is 0. The Morgan fingerprint density at radius 2 is 1.95 bits per heavy atom. The maximum atomic E-state index is 13.3. The number of carbonyl (C=O) groups is 1. The number of aryl methyl sites for hydroxylation is 1. The second kappa shape index (κ2) is 6.90. The van der Waals surface area contributed by atoms with Gasteiger partial charge in [0.05, 0.1) is 0 Å². The second-order valence-electron chi connectivity index (χ2n) is 4.92. The van der Waals surface area contributed by atoms with Gasteiger partial charge in [-0.3, -0.25) is 4.79 Å². The first kappa shape index (κ1) is 14.3. The van der Waals surface area contributed by atoms with Crippen molar-refractivity contribution in [3.05, 3.63) is 29.6 Å². The van der Waals surface area contributed by atoms with Gasteiger partial charge in [-0.1, -0.05) is 18.9 Å². The van der Waals surface area contributed by atoms with Gasteiger partial charge in [0.25, 0.3) is 0 Å². The molecule has 0 aliphatic carbocycles. The van der Waals surface area contributed by atoms with Crippen LogP contribution in [0.4, 0.5) is 10.1 Å². The summed E-state index contributed by atoms with van der Waals surface area (Å²) in [7, 11) is 0. The summed E-state index contributed by atoms with van der Waals surface area (Å²) in [5.41, 5.74) is 1.83. The van der Waals surface area contributed by atoms with E-state index in [2.05, 4.69) is 0 Å². The van der Waals surface area contributed by atoms with Gasteiger partial charge >= 0.3 is 0 Å². The predicted octanol–water partition coefficient (Wildman–Crippen LogP) is 3.90. The van der Waals surface area contributed by atoms with Crippen LogP contribution in [0, 0.1) is 5.82 Å². The highest BCUT2D eigenvalue weighted by molar-refractivity contribution is 6.17. The second-order valence-corrected chi connectivity index (χ2v) is 5.30. The van der Waals surface area contributed by atoms with Crippen molar-refractivity contribution in [2.24, 2.45) is 0 Å². The molecule has 0 saturated carbocycles. The molecular weight excluding hydrogens is 265 g/mol. The fourth-order valence-corrected chi connectivity index (χ4v) is 2.66. The highest BCUT2D eigenvalue weighted by Gasteiger charge is 2.23. The van der Waals surface area contributed by atoms with Gasteiger partial charge in [-0.2, -0.15) is 0 Å². The van der Waals surface area contributed by atoms with Crippen LogP contribution in [0.5, 0.6) is 0 Å². The van der Waals surface area contributed by atoms with Crippen molar-refractivity contribution < 1.29 is 9.18 Å². The number of benzene rings is 1. The summed E-state index contributed by atoms with van der Waals surface area (Å²) < 4.78 is 13.3. The summed E-state index contributed by atoms with van der Waals surface area (Å²) in [6, 6.07) is 4.73. The first-order chi connectivity index (χ1) is 9.22. The van der Waals surface area contributed by atoms with Crippen LogP contribution in [0.15, 0.2) is 18.2 Å². The van der Waals surface area contributed by atoms with Crippen molar-refractivity contribution in [3.8, 4) is 0 Å². The summed E-state index contributed by atoms with van der Waals surface area (Å²) >= 11 is 5.63. The van der Waals surface area contributed by atoms with Gasteiger partial charge in [0.1, 0.15) is 5.82 Å². The fourth-order valence-electron chi connectivity index (χ4n) is 2.47. The Labute approximate surface area is 118 Å². The molecule has 0 saturated heterocycles. The van der Waals surface area contributed by atoms with Gasteiger partial charge in [-0.05, 0) is 37.0 Å². The Morgan fingerprint density at radius 3 is 2.74 bits per heavy atom. The number of rotatable bonds is 6. The van der Waals surface area contributed by atoms with E-state index in [9.17, 15) is 9.18 Å². The zero-order chi connectivity index (χ0) is 13.7. The Kier molecular flexibility index (Phi) is 5.20. The van der Waals surface area contributed by atoms with E-state index in [0.717, 1.165) is 43.4 Å². The zero-order valence-corrected chi connectivity index (χ0v) is 11.8. The van der Waals surface area contributed by atoms with Gasteiger partial charge in [-0.15, -0.1) is 11.6 Å². The van der Waals surface area contributed by atoms with Gasteiger partial charge in [0, 0.05) is 24.5 Å². The fraction of sp³-hybridized carbons (Fsp3) is 0.533. The number of hydrogen-bond acceptors (Lipinski definition) is 1. The molecule has 1 aliphatic heterocycles. The molecule has 0 bridgehead atoms. The first-order valence-electron chi connectivity index (χ1n) is 6.87. The molecule has 19 heavy (non-hydrogen) atoms. The van der Waals surface area contributed by atoms with Gasteiger partial charge < -0.3 is 4.90 Å². The summed E-state index contributed by atoms with van der Waals surface area (Å²) in [4.78, 5) is 13.7. The third kappa shape index (κ3) is 3.69. The highest BCUT2D eigenvalue weighted by atomic mass is 35.5. The highest BCUT2D eigenvalue weighted by Crippen LogP contribution is 2.28. The van der Waals surface area contributed by atoms with Crippen molar-refractivity contribution in [1.82, 2.24) is 0 Å². The molecule has 1 aromatic carbocycles. The predicted molar refractivity (Wildman–Crippen MR) is 76.3 cm³/mol. The molecule has 1 aliphatic rings. The van der Waals surface area contributed by atoms with E-state index in [4.69, 9.17) is 11.6 Å². The number of anilines is 1. The van der Waals surface area contributed by atoms with Crippen LogP contribution < -0.4 is 4.90 Å². The number of unbranched alkanes of at least 4 members (excludes halogenated alkanes) is 3. The lowest BCUT2D eigenvalue weighted by Gasteiger charge is -2.29. The molecule has 1 heterocycles. The van der Waals surface area contributed by atoms with E-state index >= 15 is 0 Å². The monoisotopic (exact) mass is 283 g/mol. The van der Waals surface area contributed by atoms with Gasteiger partial charge in [-0.25, -0.2) is 4.39 Å². The summed E-state index contributed by atoms with van der Waals surface area (Å²) in [5, 5.41) is 0. The van der Waals surface area contributed by atoms with E-state index < -0.39 is 0 Å². The van der Waals surface area contributed by atoms with Crippen LogP contribution in [-0.2, 0) is 11.2 Å². The lowest BCUT2D eigenvalue weighted by atomic mass is 10.0. The molecule has 0 radical (unpaired) electrons. The van der Waals surface area contributed by atoms with E-state index in [-0.39, 0.29) is 11.7 Å². The van der Waals surface area contributed by atoms with Crippen LogP contribution >= 0.6 is 11.6 Å². The third-order valence-corrected chi connectivity index (χ3v) is 3.78. The molecule has 1 aromatic rings. The zero-order valence-electron chi connectivity index (χ0n) is 11.0. The lowest BCUT2D eigenvalue weighted by Crippen LogP contribution is -2.36. The molecule has 2 rings (SSSR count). The minimum absolute atomic E-state index is 0.107. The molecule has 0 fully saturated rings. The molecular formula is C15H19ClFNO. The van der Waals surface area contributed by atoms with Crippen molar-refractivity contribution in [3.63, 3.8) is 0 Å². The van der Waals surface area contributed by atoms with Crippen molar-refractivity contribution in [2.45, 2.75) is 38.5 Å². The molecule has 2 nitrogen and oxygen atoms in total. The third-order valence-electron chi connectivity index (χ3n) is 3.51. The van der Waals surface area contributed by atoms with E-state index in [1.165, 1.54) is 12.1 Å². The molecule has 0 unspecified atom stereocenters. The van der Waals surface area contributed by atoms with Crippen LogP contribution in [0.2, 0.25) is 0 Å². The van der Waals surface area contributed by atoms with Crippen molar-refractivity contribution in [1.29, 1.82) is 0 Å². The maximum absolute atomic E-state index is 13.3. The summed E-state index contributed by atoms with van der Waals surface area (Å²) in [5.74, 6) is 0.521. The molecule has 0 aromatic heterocycles. The van der Waals surface area contributed by atoms with Crippen LogP contribution in [0.1, 0.15) is 37.7 Å². The molecule has 0 atom stereocenters. The van der Waals surface area contributed by atoms with E-state index in [1.54, 1.807) is 11.0 Å². The number of alkyl halides is 1. The number of carbonyl (C=O) groups excluding carboxylic acids is 1. The first-order valence-corrected chi connectivity index (χ1v) is 7.40. The lowest BCUT2D eigenvalue weighted by molar-refractivity contribution is -0.118. The number of nitrogens with zero attached hydrogens (tertiary/aromatic N) is 1. The van der Waals surface area contributed by atoms with E-state index in [1.807, 2.05) is 0 Å². The Hall–Kier alpha value is -1.09. The Balaban J connectivity index is 1.99. The van der Waals surface area contributed by atoms with Gasteiger partial charge in [0.15, 0.2) is 0 Å². The van der Waals surface area contributed by atoms with Crippen molar-refractivity contribution in [2.75, 3.05) is 17.3 Å². The summed E-state index contributed by atoms with van der Waals surface area (Å²) in [6.45, 7) is 0.678. The minimum Gasteiger partial charge on any atom is -0.312 e. The number of fused-ring (bicyclic) bond motifs is 1. The molecule has 1 amide bonds. The standard InChI is InChI=1S/C15H19ClFNO/c16-9-3-1-2-4-10-18-14-11-13(17)7-5-12(14)6-8-15(18)19/h5,7,11H,1-4,6,8-10H2. The minimum atomic E-state index is -0.277. The molecule has 0 spiro atoms. The topological polar surface area (TPSA) is 20.3 Å². The van der Waals surface area contributed by atoms with Crippen molar-refractivity contribution >= 4 is 23.2 Å². The normalized spacial score (nSPS) is 14.6. The van der Waals surface area contributed by atoms with E-state index in [0.29, 0.717) is 18.8 Å². The van der Waals surface area contributed by atoms with Crippen LogP contribution in [0.25, 0.3) is 0 Å². The molecule has 104 valence electrons. The maximum Gasteiger partial charge on any atom is 0.227 e. The SMILES string of the molecule is O=C1CCc2ccc(F)cc2N1CCCCCCCl. The van der Waals surface area contributed by atoms with Gasteiger partial charge in [0.2, 0.25) is 5.91 Å². The Bertz CT molecular complexity index is 450. The number of amides is 1. The summed E-state index contributed by atoms with van der Waals surface area (Å²) in [6.07, 6.45) is 5.35. The van der Waals surface area contributed by atoms with Crippen LogP contribution in [0.3, 0.4) is 0 Å². The molecule has 0 N–H and O–H groups in total. The smallest absolute Gasteiger partial charge is 0.227 e. The number of halogens is 2. The Morgan fingerprint density at radius 1 is 1.16 bits per heavy atom. The molecule has 4 heteroatoms. The largest absolute Gasteiger partial charge is 0.312 e. The quantitative estimate of drug-likeness (QED) is 0.573. The average molecular weight is 284 g/mol.